The Labute approximate surface area is 160 Å². The maximum atomic E-state index is 12.6. The number of amides is 3. The van der Waals surface area contributed by atoms with Gasteiger partial charge in [-0.15, -0.1) is 0 Å². The summed E-state index contributed by atoms with van der Waals surface area (Å²) >= 11 is 0. The molecule has 1 unspecified atom stereocenters. The summed E-state index contributed by atoms with van der Waals surface area (Å²) in [5.41, 5.74) is 0.978. The first kappa shape index (κ1) is 20.9. The standard InChI is InChI=1S/C20H30N4O3/c1-3-21-18(25)13-24(4-2)14-19(26)23-17-12-8-7-11-16(17)20(27)22-15-9-5-6-10-15/h7-8,11-12,15H,3-6,9-10,13-14H2,1-2H3,(H,21,25)(H,22,27)(H,23,26)/p+1. The fraction of sp³-hybridized carbons (Fsp3) is 0.550. The number of nitrogens with one attached hydrogen (secondary N) is 4. The van der Waals surface area contributed by atoms with Crippen LogP contribution in [0.3, 0.4) is 0 Å². The molecule has 0 bridgehead atoms. The molecule has 4 N–H and O–H groups in total. The lowest BCUT2D eigenvalue weighted by atomic mass is 10.1. The van der Waals surface area contributed by atoms with Crippen molar-refractivity contribution in [1.82, 2.24) is 10.6 Å². The third-order valence-corrected chi connectivity index (χ3v) is 4.83. The molecule has 7 heteroatoms. The van der Waals surface area contributed by atoms with E-state index in [1.54, 1.807) is 24.3 Å². The highest BCUT2D eigenvalue weighted by molar-refractivity contribution is 6.04. The van der Waals surface area contributed by atoms with Gasteiger partial charge in [0.05, 0.1) is 17.8 Å². The number of carbonyl (C=O) groups is 3. The summed E-state index contributed by atoms with van der Waals surface area (Å²) in [5, 5.41) is 8.63. The quantitative estimate of drug-likeness (QED) is 0.502. The Bertz CT molecular complexity index is 656. The smallest absolute Gasteiger partial charge is 0.279 e. The fourth-order valence-electron chi connectivity index (χ4n) is 3.34. The minimum atomic E-state index is -0.211. The van der Waals surface area contributed by atoms with Crippen LogP contribution in [0.15, 0.2) is 24.3 Å². The molecule has 1 aromatic rings. The second kappa shape index (κ2) is 10.7. The average Bonchev–Trinajstić information content (AvgIpc) is 3.14. The van der Waals surface area contributed by atoms with Crippen molar-refractivity contribution < 1.29 is 19.3 Å². The molecular weight excluding hydrogens is 344 g/mol. The van der Waals surface area contributed by atoms with Crippen LogP contribution in [0.2, 0.25) is 0 Å². The highest BCUT2D eigenvalue weighted by Crippen LogP contribution is 2.20. The Morgan fingerprint density at radius 1 is 1.04 bits per heavy atom. The van der Waals surface area contributed by atoms with E-state index in [1.807, 2.05) is 13.8 Å². The highest BCUT2D eigenvalue weighted by atomic mass is 16.2. The SMILES string of the molecule is CCNC(=O)C[NH+](CC)CC(=O)Nc1ccccc1C(=O)NC1CCCC1. The fourth-order valence-corrected chi connectivity index (χ4v) is 3.34. The number of likely N-dealkylation sites (N-methyl/N-ethyl adjacent to an activating group) is 2. The molecule has 7 nitrogen and oxygen atoms in total. The van der Waals surface area contributed by atoms with Crippen LogP contribution in [0.25, 0.3) is 0 Å². The van der Waals surface area contributed by atoms with E-state index in [9.17, 15) is 14.4 Å². The van der Waals surface area contributed by atoms with E-state index < -0.39 is 0 Å². The van der Waals surface area contributed by atoms with Gasteiger partial charge < -0.3 is 20.9 Å². The zero-order valence-electron chi connectivity index (χ0n) is 16.3. The van der Waals surface area contributed by atoms with Crippen LogP contribution in [-0.2, 0) is 9.59 Å². The molecule has 0 saturated heterocycles. The maximum Gasteiger partial charge on any atom is 0.279 e. The van der Waals surface area contributed by atoms with Crippen molar-refractivity contribution >= 4 is 23.4 Å². The zero-order chi connectivity index (χ0) is 19.6. The van der Waals surface area contributed by atoms with Crippen LogP contribution < -0.4 is 20.9 Å². The summed E-state index contributed by atoms with van der Waals surface area (Å²) in [7, 11) is 0. The first-order valence-corrected chi connectivity index (χ1v) is 9.83. The molecule has 0 aromatic heterocycles. The Morgan fingerprint density at radius 2 is 1.70 bits per heavy atom. The number of quaternary nitrogens is 1. The van der Waals surface area contributed by atoms with Crippen LogP contribution >= 0.6 is 0 Å². The van der Waals surface area contributed by atoms with Crippen LogP contribution in [0.4, 0.5) is 5.69 Å². The number of carbonyl (C=O) groups excluding carboxylic acids is 3. The van der Waals surface area contributed by atoms with Gasteiger partial charge in [-0.2, -0.15) is 0 Å². The van der Waals surface area contributed by atoms with Gasteiger partial charge in [-0.05, 0) is 38.8 Å². The molecule has 0 radical (unpaired) electrons. The Hall–Kier alpha value is -2.41. The summed E-state index contributed by atoms with van der Waals surface area (Å²) in [5.74, 6) is -0.435. The third kappa shape index (κ3) is 6.67. The van der Waals surface area contributed by atoms with Gasteiger partial charge in [-0.25, -0.2) is 0 Å². The molecule has 0 spiro atoms. The molecule has 2 rings (SSSR count). The van der Waals surface area contributed by atoms with Gasteiger partial charge in [0.2, 0.25) is 0 Å². The average molecular weight is 375 g/mol. The second-order valence-corrected chi connectivity index (χ2v) is 6.96. The molecule has 0 aliphatic heterocycles. The van der Waals surface area contributed by atoms with E-state index in [1.165, 1.54) is 0 Å². The van der Waals surface area contributed by atoms with Crippen molar-refractivity contribution in [2.45, 2.75) is 45.6 Å². The molecule has 1 atom stereocenters. The van der Waals surface area contributed by atoms with Crippen molar-refractivity contribution in [3.8, 4) is 0 Å². The van der Waals surface area contributed by atoms with Crippen molar-refractivity contribution in [1.29, 1.82) is 0 Å². The Morgan fingerprint density at radius 3 is 2.37 bits per heavy atom. The zero-order valence-corrected chi connectivity index (χ0v) is 16.3. The lowest BCUT2D eigenvalue weighted by Crippen LogP contribution is -3.14. The van der Waals surface area contributed by atoms with Crippen molar-refractivity contribution in [3.63, 3.8) is 0 Å². The molecule has 1 fully saturated rings. The molecule has 3 amide bonds. The number of para-hydroxylation sites is 1. The minimum absolute atomic E-state index is 0.0708. The first-order chi connectivity index (χ1) is 13.0. The summed E-state index contributed by atoms with van der Waals surface area (Å²) in [6.07, 6.45) is 4.30. The molecular formula is C20H31N4O3+. The summed E-state index contributed by atoms with van der Waals surface area (Å²) in [6, 6.07) is 7.26. The number of rotatable bonds is 9. The predicted octanol–water partition coefficient (Wildman–Crippen LogP) is 0.338. The summed E-state index contributed by atoms with van der Waals surface area (Å²) in [6.45, 7) is 5.46. The van der Waals surface area contributed by atoms with E-state index in [0.29, 0.717) is 24.3 Å². The van der Waals surface area contributed by atoms with Gasteiger partial charge >= 0.3 is 0 Å². The van der Waals surface area contributed by atoms with Crippen molar-refractivity contribution in [3.05, 3.63) is 29.8 Å². The topological polar surface area (TPSA) is 91.7 Å². The van der Waals surface area contributed by atoms with Gasteiger partial charge in [-0.3, -0.25) is 14.4 Å². The van der Waals surface area contributed by atoms with Gasteiger partial charge in [0.1, 0.15) is 0 Å². The molecule has 1 aliphatic rings. The lowest BCUT2D eigenvalue weighted by Gasteiger charge is -2.18. The van der Waals surface area contributed by atoms with E-state index in [-0.39, 0.29) is 36.9 Å². The Kier molecular flexibility index (Phi) is 8.26. The monoisotopic (exact) mass is 375 g/mol. The molecule has 148 valence electrons. The largest absolute Gasteiger partial charge is 0.351 e. The third-order valence-electron chi connectivity index (χ3n) is 4.83. The molecule has 1 aromatic carbocycles. The van der Waals surface area contributed by atoms with E-state index in [0.717, 1.165) is 30.6 Å². The van der Waals surface area contributed by atoms with Crippen molar-refractivity contribution in [2.75, 3.05) is 31.5 Å². The number of benzene rings is 1. The summed E-state index contributed by atoms with van der Waals surface area (Å²) in [4.78, 5) is 37.6. The Balaban J connectivity index is 1.96. The van der Waals surface area contributed by atoms with Gasteiger partial charge in [-0.1, -0.05) is 25.0 Å². The van der Waals surface area contributed by atoms with E-state index in [4.69, 9.17) is 0 Å². The second-order valence-electron chi connectivity index (χ2n) is 6.96. The van der Waals surface area contributed by atoms with Gasteiger partial charge in [0.15, 0.2) is 13.1 Å². The minimum Gasteiger partial charge on any atom is -0.351 e. The molecule has 27 heavy (non-hydrogen) atoms. The summed E-state index contributed by atoms with van der Waals surface area (Å²) < 4.78 is 0. The molecule has 0 heterocycles. The normalized spacial score (nSPS) is 15.2. The van der Waals surface area contributed by atoms with E-state index in [2.05, 4.69) is 16.0 Å². The van der Waals surface area contributed by atoms with Crippen LogP contribution in [0, 0.1) is 0 Å². The van der Waals surface area contributed by atoms with Crippen LogP contribution in [0.1, 0.15) is 49.9 Å². The van der Waals surface area contributed by atoms with Gasteiger partial charge in [0.25, 0.3) is 17.7 Å². The van der Waals surface area contributed by atoms with Crippen LogP contribution in [0.5, 0.6) is 0 Å². The van der Waals surface area contributed by atoms with Crippen LogP contribution in [-0.4, -0.2) is 49.9 Å². The number of anilines is 1. The lowest BCUT2D eigenvalue weighted by molar-refractivity contribution is -0.881. The molecule has 1 saturated carbocycles. The van der Waals surface area contributed by atoms with E-state index >= 15 is 0 Å². The first-order valence-electron chi connectivity index (χ1n) is 9.83. The molecule has 1 aliphatic carbocycles. The maximum absolute atomic E-state index is 12.6. The van der Waals surface area contributed by atoms with Gasteiger partial charge in [0, 0.05) is 12.6 Å². The highest BCUT2D eigenvalue weighted by Gasteiger charge is 2.21. The predicted molar refractivity (Wildman–Crippen MR) is 105 cm³/mol. The number of hydrogen-bond donors (Lipinski definition) is 4. The number of hydrogen-bond acceptors (Lipinski definition) is 3. The van der Waals surface area contributed by atoms with Crippen molar-refractivity contribution in [2.24, 2.45) is 0 Å².